The second kappa shape index (κ2) is 16.0. The van der Waals surface area contributed by atoms with Crippen molar-refractivity contribution < 1.29 is 4.74 Å². The quantitative estimate of drug-likeness (QED) is 0.427. The minimum Gasteiger partial charge on any atom is -0.379 e. The first kappa shape index (κ1) is 18.9. The Morgan fingerprint density at radius 3 is 2.26 bits per heavy atom. The minimum atomic E-state index is 0.461. The van der Waals surface area contributed by atoms with Gasteiger partial charge in [-0.3, -0.25) is 0 Å². The Morgan fingerprint density at radius 2 is 1.53 bits per heavy atom. The van der Waals surface area contributed by atoms with Crippen molar-refractivity contribution in [1.82, 2.24) is 5.32 Å². The smallest absolute Gasteiger partial charge is 0.0547 e. The van der Waals surface area contributed by atoms with Crippen molar-refractivity contribution >= 4 is 0 Å². The number of rotatable bonds is 15. The summed E-state index contributed by atoms with van der Waals surface area (Å²) in [4.78, 5) is 0. The normalized spacial score (nSPS) is 12.8. The average molecular weight is 271 g/mol. The molecule has 0 fully saturated rings. The summed E-state index contributed by atoms with van der Waals surface area (Å²) in [7, 11) is 0. The molecule has 0 aromatic heterocycles. The number of unbranched alkanes of at least 4 members (excludes halogenated alkanes) is 6. The molecule has 0 aliphatic carbocycles. The molecule has 2 heteroatoms. The van der Waals surface area contributed by atoms with E-state index in [9.17, 15) is 0 Å². The van der Waals surface area contributed by atoms with Crippen molar-refractivity contribution in [3.8, 4) is 0 Å². The maximum atomic E-state index is 5.85. The number of nitrogens with one attached hydrogen (secondary N) is 1. The van der Waals surface area contributed by atoms with Crippen molar-refractivity contribution in [1.29, 1.82) is 0 Å². The average Bonchev–Trinajstić information content (AvgIpc) is 2.42. The summed E-state index contributed by atoms with van der Waals surface area (Å²) in [6.45, 7) is 10.0. The van der Waals surface area contributed by atoms with Gasteiger partial charge >= 0.3 is 0 Å². The Balaban J connectivity index is 3.07. The van der Waals surface area contributed by atoms with E-state index in [1.165, 1.54) is 77.3 Å². The Hall–Kier alpha value is -0.0800. The van der Waals surface area contributed by atoms with Crippen LogP contribution < -0.4 is 5.32 Å². The molecule has 1 atom stereocenters. The monoisotopic (exact) mass is 271 g/mol. The zero-order chi connectivity index (χ0) is 14.2. The summed E-state index contributed by atoms with van der Waals surface area (Å²) in [6.07, 6.45) is 13.5. The van der Waals surface area contributed by atoms with E-state index in [2.05, 4.69) is 26.1 Å². The van der Waals surface area contributed by atoms with Gasteiger partial charge in [0.15, 0.2) is 0 Å². The highest BCUT2D eigenvalue weighted by atomic mass is 16.5. The Morgan fingerprint density at radius 1 is 0.789 bits per heavy atom. The molecular weight excluding hydrogens is 234 g/mol. The van der Waals surface area contributed by atoms with Gasteiger partial charge in [0.25, 0.3) is 0 Å². The van der Waals surface area contributed by atoms with Gasteiger partial charge in [0.1, 0.15) is 0 Å². The highest BCUT2D eigenvalue weighted by Crippen LogP contribution is 2.09. The Labute approximate surface area is 121 Å². The van der Waals surface area contributed by atoms with Crippen LogP contribution in [0.1, 0.15) is 85.0 Å². The van der Waals surface area contributed by atoms with E-state index in [1.54, 1.807) is 0 Å². The van der Waals surface area contributed by atoms with Crippen molar-refractivity contribution in [2.75, 3.05) is 19.7 Å². The van der Waals surface area contributed by atoms with E-state index in [-0.39, 0.29) is 0 Å². The van der Waals surface area contributed by atoms with E-state index in [0.29, 0.717) is 6.10 Å². The molecule has 0 saturated heterocycles. The fourth-order valence-corrected chi connectivity index (χ4v) is 2.23. The van der Waals surface area contributed by atoms with Crippen LogP contribution in [0.5, 0.6) is 0 Å². The molecule has 116 valence electrons. The molecule has 2 nitrogen and oxygen atoms in total. The third kappa shape index (κ3) is 15.9. The summed E-state index contributed by atoms with van der Waals surface area (Å²) >= 11 is 0. The Kier molecular flexibility index (Phi) is 15.9. The van der Waals surface area contributed by atoms with Gasteiger partial charge in [-0.15, -0.1) is 0 Å². The number of hydrogen-bond donors (Lipinski definition) is 1. The molecule has 0 radical (unpaired) electrons. The largest absolute Gasteiger partial charge is 0.379 e. The highest BCUT2D eigenvalue weighted by molar-refractivity contribution is 4.53. The molecule has 1 N–H and O–H groups in total. The number of ether oxygens (including phenoxy) is 1. The van der Waals surface area contributed by atoms with E-state index in [0.717, 1.165) is 6.61 Å². The molecule has 0 saturated carbocycles. The Bertz CT molecular complexity index is 161. The fraction of sp³-hybridized carbons (Fsp3) is 1.00. The van der Waals surface area contributed by atoms with Crippen LogP contribution in [0.4, 0.5) is 0 Å². The molecule has 0 aliphatic rings. The third-order valence-corrected chi connectivity index (χ3v) is 3.54. The van der Waals surface area contributed by atoms with Crippen molar-refractivity contribution in [3.05, 3.63) is 0 Å². The molecule has 1 unspecified atom stereocenters. The van der Waals surface area contributed by atoms with Crippen LogP contribution in [0.25, 0.3) is 0 Å². The SMILES string of the molecule is CCCCCCC(C)OCCCCCCNCCC. The maximum Gasteiger partial charge on any atom is 0.0547 e. The van der Waals surface area contributed by atoms with E-state index >= 15 is 0 Å². The summed E-state index contributed by atoms with van der Waals surface area (Å²) in [5.74, 6) is 0. The first-order valence-corrected chi connectivity index (χ1v) is 8.63. The lowest BCUT2D eigenvalue weighted by Gasteiger charge is -2.12. The number of hydrogen-bond acceptors (Lipinski definition) is 2. The summed E-state index contributed by atoms with van der Waals surface area (Å²) in [5.41, 5.74) is 0. The first-order chi connectivity index (χ1) is 9.31. The molecule has 0 aliphatic heterocycles. The standard InChI is InChI=1S/C17H37NO/c1-4-6-7-10-13-17(3)19-16-12-9-8-11-15-18-14-5-2/h17-18H,4-16H2,1-3H3. The van der Waals surface area contributed by atoms with Crippen molar-refractivity contribution in [2.45, 2.75) is 91.1 Å². The topological polar surface area (TPSA) is 21.3 Å². The van der Waals surface area contributed by atoms with Gasteiger partial charge in [-0.1, -0.05) is 52.4 Å². The van der Waals surface area contributed by atoms with Gasteiger partial charge in [-0.25, -0.2) is 0 Å². The first-order valence-electron chi connectivity index (χ1n) is 8.63. The third-order valence-electron chi connectivity index (χ3n) is 3.54. The lowest BCUT2D eigenvalue weighted by Crippen LogP contribution is -2.15. The van der Waals surface area contributed by atoms with Crippen LogP contribution in [0, 0.1) is 0 Å². The van der Waals surface area contributed by atoms with Crippen molar-refractivity contribution in [3.63, 3.8) is 0 Å². The van der Waals surface area contributed by atoms with Crippen LogP contribution in [-0.2, 0) is 4.74 Å². The molecule has 0 bridgehead atoms. The highest BCUT2D eigenvalue weighted by Gasteiger charge is 2.01. The zero-order valence-corrected chi connectivity index (χ0v) is 13.7. The lowest BCUT2D eigenvalue weighted by atomic mass is 10.1. The van der Waals surface area contributed by atoms with E-state index in [1.807, 2.05) is 0 Å². The van der Waals surface area contributed by atoms with Crippen molar-refractivity contribution in [2.24, 2.45) is 0 Å². The molecule has 0 heterocycles. The second-order valence-corrected chi connectivity index (χ2v) is 5.69. The summed E-state index contributed by atoms with van der Waals surface area (Å²) < 4.78 is 5.85. The molecule has 19 heavy (non-hydrogen) atoms. The maximum absolute atomic E-state index is 5.85. The predicted octanol–water partition coefficient (Wildman–Crippen LogP) is 4.92. The van der Waals surface area contributed by atoms with E-state index in [4.69, 9.17) is 4.74 Å². The second-order valence-electron chi connectivity index (χ2n) is 5.69. The van der Waals surface area contributed by atoms with Gasteiger partial charge in [0.05, 0.1) is 6.10 Å². The van der Waals surface area contributed by atoms with Gasteiger partial charge in [0, 0.05) is 6.61 Å². The molecule has 0 amide bonds. The summed E-state index contributed by atoms with van der Waals surface area (Å²) in [5, 5.41) is 3.45. The van der Waals surface area contributed by atoms with Crippen LogP contribution in [0.15, 0.2) is 0 Å². The van der Waals surface area contributed by atoms with Crippen LogP contribution >= 0.6 is 0 Å². The minimum absolute atomic E-state index is 0.461. The van der Waals surface area contributed by atoms with Gasteiger partial charge in [0.2, 0.25) is 0 Å². The predicted molar refractivity (Wildman–Crippen MR) is 85.8 cm³/mol. The van der Waals surface area contributed by atoms with Gasteiger partial charge < -0.3 is 10.1 Å². The van der Waals surface area contributed by atoms with Crippen LogP contribution in [0.3, 0.4) is 0 Å². The van der Waals surface area contributed by atoms with Gasteiger partial charge in [-0.05, 0) is 45.7 Å². The van der Waals surface area contributed by atoms with Crippen LogP contribution in [-0.4, -0.2) is 25.8 Å². The van der Waals surface area contributed by atoms with Crippen LogP contribution in [0.2, 0.25) is 0 Å². The lowest BCUT2D eigenvalue weighted by molar-refractivity contribution is 0.0557. The van der Waals surface area contributed by atoms with E-state index < -0.39 is 0 Å². The molecular formula is C17H37NO. The molecule has 0 aromatic carbocycles. The summed E-state index contributed by atoms with van der Waals surface area (Å²) in [6, 6.07) is 0. The fourth-order valence-electron chi connectivity index (χ4n) is 2.23. The zero-order valence-electron chi connectivity index (χ0n) is 13.7. The molecule has 0 rings (SSSR count). The molecule has 0 spiro atoms. The molecule has 0 aromatic rings. The van der Waals surface area contributed by atoms with Gasteiger partial charge in [-0.2, -0.15) is 0 Å².